The zero-order valence-corrected chi connectivity index (χ0v) is 13.0. The molecule has 4 heteroatoms. The van der Waals surface area contributed by atoms with Crippen LogP contribution in [0.15, 0.2) is 18.0 Å². The molecule has 0 aromatic carbocycles. The van der Waals surface area contributed by atoms with Gasteiger partial charge in [-0.25, -0.2) is 9.67 Å². The van der Waals surface area contributed by atoms with Crippen LogP contribution in [-0.4, -0.2) is 26.8 Å². The first-order valence-corrected chi connectivity index (χ1v) is 7.19. The summed E-state index contributed by atoms with van der Waals surface area (Å²) >= 11 is 0. The van der Waals surface area contributed by atoms with Crippen LogP contribution >= 0.6 is 0 Å². The molecule has 0 unspecified atom stereocenters. The molecule has 0 spiro atoms. The Labute approximate surface area is 117 Å². The number of allylic oxidation sites excluding steroid dienone is 1. The fraction of sp³-hybridized carbons (Fsp3) is 0.733. The summed E-state index contributed by atoms with van der Waals surface area (Å²) in [5.41, 5.74) is 1.56. The van der Waals surface area contributed by atoms with Crippen LogP contribution in [0.4, 0.5) is 0 Å². The molecule has 0 bridgehead atoms. The minimum Gasteiger partial charge on any atom is -0.312 e. The first kappa shape index (κ1) is 15.9. The van der Waals surface area contributed by atoms with Gasteiger partial charge in [0.25, 0.3) is 0 Å². The van der Waals surface area contributed by atoms with Gasteiger partial charge in [-0.15, -0.1) is 0 Å². The standard InChI is InChI=1S/C15H28N4/c1-6-10-19-14(16-12-18-19)11-13(2)8-7-9-17-15(3,4)5/h8,12,17H,6-7,9-11H2,1-5H3. The van der Waals surface area contributed by atoms with Crippen molar-refractivity contribution in [2.24, 2.45) is 0 Å². The molecule has 1 rings (SSSR count). The van der Waals surface area contributed by atoms with Crippen molar-refractivity contribution in [1.29, 1.82) is 0 Å². The molecule has 4 nitrogen and oxygen atoms in total. The molecule has 1 N–H and O–H groups in total. The number of aryl methyl sites for hydroxylation is 1. The number of nitrogens with zero attached hydrogens (tertiary/aromatic N) is 3. The molecule has 0 fully saturated rings. The van der Waals surface area contributed by atoms with Gasteiger partial charge in [-0.3, -0.25) is 0 Å². The molecule has 0 atom stereocenters. The maximum absolute atomic E-state index is 4.34. The number of aromatic nitrogens is 3. The van der Waals surface area contributed by atoms with Crippen LogP contribution in [0.1, 0.15) is 53.3 Å². The Hall–Kier alpha value is -1.16. The lowest BCUT2D eigenvalue weighted by atomic mass is 10.1. The van der Waals surface area contributed by atoms with E-state index in [-0.39, 0.29) is 5.54 Å². The zero-order valence-electron chi connectivity index (χ0n) is 13.0. The van der Waals surface area contributed by atoms with Crippen LogP contribution in [0, 0.1) is 0 Å². The van der Waals surface area contributed by atoms with Crippen molar-refractivity contribution >= 4 is 0 Å². The predicted octanol–water partition coefficient (Wildman–Crippen LogP) is 2.96. The summed E-state index contributed by atoms with van der Waals surface area (Å²) in [4.78, 5) is 4.34. The van der Waals surface area contributed by atoms with E-state index >= 15 is 0 Å². The molecule has 0 radical (unpaired) electrons. The van der Waals surface area contributed by atoms with E-state index in [2.05, 4.69) is 56.1 Å². The molecular formula is C15H28N4. The lowest BCUT2D eigenvalue weighted by Gasteiger charge is -2.19. The van der Waals surface area contributed by atoms with Crippen LogP contribution in [0.3, 0.4) is 0 Å². The van der Waals surface area contributed by atoms with E-state index in [4.69, 9.17) is 0 Å². The summed E-state index contributed by atoms with van der Waals surface area (Å²) in [6, 6.07) is 0. The first-order valence-electron chi connectivity index (χ1n) is 7.19. The Kier molecular flexibility index (Phi) is 6.22. The average molecular weight is 264 g/mol. The molecule has 0 aliphatic rings. The number of nitrogens with one attached hydrogen (secondary N) is 1. The van der Waals surface area contributed by atoms with E-state index in [1.54, 1.807) is 6.33 Å². The van der Waals surface area contributed by atoms with Crippen LogP contribution in [0.25, 0.3) is 0 Å². The average Bonchev–Trinajstić information content (AvgIpc) is 2.72. The summed E-state index contributed by atoms with van der Waals surface area (Å²) in [5, 5.41) is 7.74. The zero-order chi connectivity index (χ0) is 14.3. The van der Waals surface area contributed by atoms with Gasteiger partial charge >= 0.3 is 0 Å². The van der Waals surface area contributed by atoms with E-state index in [0.717, 1.165) is 38.2 Å². The third kappa shape index (κ3) is 6.53. The molecule has 1 aromatic heterocycles. The molecule has 0 amide bonds. The summed E-state index contributed by atoms with van der Waals surface area (Å²) in [6.45, 7) is 12.9. The summed E-state index contributed by atoms with van der Waals surface area (Å²) in [5.74, 6) is 1.07. The maximum Gasteiger partial charge on any atom is 0.138 e. The van der Waals surface area contributed by atoms with Gasteiger partial charge in [0, 0.05) is 18.5 Å². The Balaban J connectivity index is 2.41. The van der Waals surface area contributed by atoms with Crippen molar-refractivity contribution in [2.45, 2.75) is 66.0 Å². The molecule has 0 aliphatic heterocycles. The highest BCUT2D eigenvalue weighted by Crippen LogP contribution is 2.06. The smallest absolute Gasteiger partial charge is 0.138 e. The van der Waals surface area contributed by atoms with Crippen molar-refractivity contribution < 1.29 is 0 Å². The quantitative estimate of drug-likeness (QED) is 0.608. The Morgan fingerprint density at radius 3 is 2.79 bits per heavy atom. The number of hydrogen-bond donors (Lipinski definition) is 1. The van der Waals surface area contributed by atoms with Gasteiger partial charge in [0.05, 0.1) is 0 Å². The topological polar surface area (TPSA) is 42.7 Å². The second-order valence-electron chi connectivity index (χ2n) is 6.09. The van der Waals surface area contributed by atoms with Crippen LogP contribution in [-0.2, 0) is 13.0 Å². The minimum atomic E-state index is 0.197. The lowest BCUT2D eigenvalue weighted by molar-refractivity contribution is 0.431. The van der Waals surface area contributed by atoms with Crippen molar-refractivity contribution in [3.8, 4) is 0 Å². The molecule has 108 valence electrons. The molecule has 0 saturated carbocycles. The SMILES string of the molecule is CCCn1ncnc1CC(C)=CCCNC(C)(C)C. The molecule has 1 heterocycles. The van der Waals surface area contributed by atoms with Crippen molar-refractivity contribution in [2.75, 3.05) is 6.54 Å². The highest BCUT2D eigenvalue weighted by molar-refractivity contribution is 5.06. The fourth-order valence-electron chi connectivity index (χ4n) is 1.91. The minimum absolute atomic E-state index is 0.197. The highest BCUT2D eigenvalue weighted by Gasteiger charge is 2.07. The Morgan fingerprint density at radius 2 is 2.16 bits per heavy atom. The monoisotopic (exact) mass is 264 g/mol. The van der Waals surface area contributed by atoms with Crippen molar-refractivity contribution in [3.05, 3.63) is 23.8 Å². The van der Waals surface area contributed by atoms with Gasteiger partial charge in [0.1, 0.15) is 12.2 Å². The number of hydrogen-bond acceptors (Lipinski definition) is 3. The van der Waals surface area contributed by atoms with Crippen molar-refractivity contribution in [3.63, 3.8) is 0 Å². The van der Waals surface area contributed by atoms with E-state index in [1.165, 1.54) is 5.57 Å². The van der Waals surface area contributed by atoms with Crippen molar-refractivity contribution in [1.82, 2.24) is 20.1 Å². The van der Waals surface area contributed by atoms with Gasteiger partial charge < -0.3 is 5.32 Å². The molecule has 0 aliphatic carbocycles. The summed E-state index contributed by atoms with van der Waals surface area (Å²) in [7, 11) is 0. The molecule has 1 aromatic rings. The second kappa shape index (κ2) is 7.43. The molecule has 19 heavy (non-hydrogen) atoms. The van der Waals surface area contributed by atoms with Crippen LogP contribution in [0.5, 0.6) is 0 Å². The second-order valence-corrected chi connectivity index (χ2v) is 6.09. The van der Waals surface area contributed by atoms with E-state index in [9.17, 15) is 0 Å². The third-order valence-electron chi connectivity index (χ3n) is 2.86. The maximum atomic E-state index is 4.34. The van der Waals surface area contributed by atoms with Gasteiger partial charge in [0.15, 0.2) is 0 Å². The Morgan fingerprint density at radius 1 is 1.42 bits per heavy atom. The Bertz CT molecular complexity index is 399. The normalized spacial score (nSPS) is 13.0. The van der Waals surface area contributed by atoms with Gasteiger partial charge in [0.2, 0.25) is 0 Å². The molecule has 0 saturated heterocycles. The van der Waals surface area contributed by atoms with E-state index in [0.29, 0.717) is 0 Å². The highest BCUT2D eigenvalue weighted by atomic mass is 15.3. The van der Waals surface area contributed by atoms with Gasteiger partial charge in [-0.05, 0) is 47.1 Å². The molecular weight excluding hydrogens is 236 g/mol. The van der Waals surface area contributed by atoms with Crippen LogP contribution in [0.2, 0.25) is 0 Å². The number of rotatable bonds is 7. The lowest BCUT2D eigenvalue weighted by Crippen LogP contribution is -2.36. The predicted molar refractivity (Wildman–Crippen MR) is 80.1 cm³/mol. The fourth-order valence-corrected chi connectivity index (χ4v) is 1.91. The third-order valence-corrected chi connectivity index (χ3v) is 2.86. The summed E-state index contributed by atoms with van der Waals surface area (Å²) in [6.07, 6.45) is 7.00. The van der Waals surface area contributed by atoms with Crippen LogP contribution < -0.4 is 5.32 Å². The first-order chi connectivity index (χ1) is 8.92. The van der Waals surface area contributed by atoms with E-state index in [1.807, 2.05) is 4.68 Å². The van der Waals surface area contributed by atoms with Gasteiger partial charge in [-0.1, -0.05) is 18.6 Å². The van der Waals surface area contributed by atoms with E-state index < -0.39 is 0 Å². The summed E-state index contributed by atoms with van der Waals surface area (Å²) < 4.78 is 2.00. The largest absolute Gasteiger partial charge is 0.312 e. The van der Waals surface area contributed by atoms with Gasteiger partial charge in [-0.2, -0.15) is 5.10 Å².